The third-order valence-corrected chi connectivity index (χ3v) is 3.26. The number of esters is 1. The Bertz CT molecular complexity index is 700. The van der Waals surface area contributed by atoms with Crippen LogP contribution in [-0.4, -0.2) is 28.6 Å². The van der Waals surface area contributed by atoms with Crippen molar-refractivity contribution in [2.45, 2.75) is 26.4 Å². The predicted octanol–water partition coefficient (Wildman–Crippen LogP) is 3.32. The Morgan fingerprint density at radius 2 is 1.96 bits per heavy atom. The molecule has 24 heavy (non-hydrogen) atoms. The molecule has 1 aromatic heterocycles. The number of carbonyl (C=O) groups is 2. The van der Waals surface area contributed by atoms with Gasteiger partial charge in [0.15, 0.2) is 11.4 Å². The first-order chi connectivity index (χ1) is 11.6. The van der Waals surface area contributed by atoms with Gasteiger partial charge in [0.2, 0.25) is 0 Å². The van der Waals surface area contributed by atoms with E-state index in [0.29, 0.717) is 6.61 Å². The maximum atomic E-state index is 12.0. The van der Waals surface area contributed by atoms with Crippen molar-refractivity contribution in [3.63, 3.8) is 0 Å². The van der Waals surface area contributed by atoms with Gasteiger partial charge < -0.3 is 14.6 Å². The Morgan fingerprint density at radius 1 is 1.21 bits per heavy atom. The number of rotatable bonds is 8. The van der Waals surface area contributed by atoms with E-state index in [1.807, 2.05) is 37.3 Å². The van der Waals surface area contributed by atoms with Crippen LogP contribution in [0, 0.1) is 0 Å². The molecule has 1 aromatic carbocycles. The molecule has 0 saturated heterocycles. The van der Waals surface area contributed by atoms with Crippen LogP contribution in [0.3, 0.4) is 0 Å². The van der Waals surface area contributed by atoms with Gasteiger partial charge in [0, 0.05) is 6.20 Å². The van der Waals surface area contributed by atoms with Crippen molar-refractivity contribution in [2.24, 2.45) is 0 Å². The summed E-state index contributed by atoms with van der Waals surface area (Å²) in [4.78, 5) is 27.0. The maximum Gasteiger partial charge on any atom is 0.358 e. The molecule has 2 aromatic rings. The fraction of sp³-hybridized carbons (Fsp3) is 0.278. The first-order valence-corrected chi connectivity index (χ1v) is 7.69. The number of unbranched alkanes of at least 4 members (excludes halogenated alkanes) is 1. The highest BCUT2D eigenvalue weighted by atomic mass is 16.5. The van der Waals surface area contributed by atoms with Crippen LogP contribution in [-0.2, 0) is 11.3 Å². The van der Waals surface area contributed by atoms with Crippen molar-refractivity contribution < 1.29 is 24.2 Å². The molecule has 0 aliphatic carbocycles. The van der Waals surface area contributed by atoms with Crippen LogP contribution < -0.4 is 4.74 Å². The minimum Gasteiger partial charge on any atom is -0.486 e. The lowest BCUT2D eigenvalue weighted by Crippen LogP contribution is -2.11. The second-order valence-corrected chi connectivity index (χ2v) is 5.14. The normalized spacial score (nSPS) is 10.2. The lowest BCUT2D eigenvalue weighted by molar-refractivity contribution is 0.0497. The van der Waals surface area contributed by atoms with Crippen LogP contribution in [0.5, 0.6) is 5.75 Å². The van der Waals surface area contributed by atoms with E-state index in [0.717, 1.165) is 18.4 Å². The van der Waals surface area contributed by atoms with Crippen molar-refractivity contribution in [3.8, 4) is 5.75 Å². The zero-order valence-corrected chi connectivity index (χ0v) is 13.4. The van der Waals surface area contributed by atoms with E-state index < -0.39 is 11.9 Å². The van der Waals surface area contributed by atoms with Crippen molar-refractivity contribution >= 4 is 11.9 Å². The van der Waals surface area contributed by atoms with Crippen LogP contribution in [0.1, 0.15) is 46.2 Å². The minimum atomic E-state index is -1.22. The monoisotopic (exact) mass is 329 g/mol. The summed E-state index contributed by atoms with van der Waals surface area (Å²) >= 11 is 0. The first-order valence-electron chi connectivity index (χ1n) is 7.69. The van der Waals surface area contributed by atoms with E-state index in [1.165, 1.54) is 12.3 Å². The minimum absolute atomic E-state index is 0.0382. The molecule has 0 amide bonds. The summed E-state index contributed by atoms with van der Waals surface area (Å²) in [5.41, 5.74) is 0.806. The molecule has 0 spiro atoms. The van der Waals surface area contributed by atoms with Crippen LogP contribution in [0.25, 0.3) is 0 Å². The summed E-state index contributed by atoms with van der Waals surface area (Å²) in [5.74, 6) is -1.72. The van der Waals surface area contributed by atoms with Crippen molar-refractivity contribution in [2.75, 3.05) is 6.61 Å². The molecule has 0 bridgehead atoms. The summed E-state index contributed by atoms with van der Waals surface area (Å²) in [6.07, 6.45) is 2.87. The second kappa shape index (κ2) is 8.67. The fourth-order valence-electron chi connectivity index (χ4n) is 1.95. The molecule has 0 aliphatic heterocycles. The number of carboxylic acid groups (broad SMARTS) is 1. The van der Waals surface area contributed by atoms with Gasteiger partial charge in [0.1, 0.15) is 6.61 Å². The Kier molecular flexibility index (Phi) is 6.31. The van der Waals surface area contributed by atoms with Crippen LogP contribution >= 0.6 is 0 Å². The van der Waals surface area contributed by atoms with E-state index in [4.69, 9.17) is 9.47 Å². The Morgan fingerprint density at radius 3 is 2.62 bits per heavy atom. The lowest BCUT2D eigenvalue weighted by Gasteiger charge is -2.10. The molecule has 6 nitrogen and oxygen atoms in total. The molecule has 0 unspecified atom stereocenters. The highest BCUT2D eigenvalue weighted by molar-refractivity contribution is 5.93. The number of benzene rings is 1. The second-order valence-electron chi connectivity index (χ2n) is 5.14. The summed E-state index contributed by atoms with van der Waals surface area (Å²) in [5, 5.41) is 9.21. The van der Waals surface area contributed by atoms with Crippen LogP contribution in [0.2, 0.25) is 0 Å². The molecule has 0 radical (unpaired) electrons. The summed E-state index contributed by atoms with van der Waals surface area (Å²) < 4.78 is 10.7. The molecule has 0 atom stereocenters. The van der Waals surface area contributed by atoms with Gasteiger partial charge in [-0.05, 0) is 18.1 Å². The van der Waals surface area contributed by atoms with Crippen molar-refractivity contribution in [3.05, 3.63) is 59.4 Å². The van der Waals surface area contributed by atoms with Gasteiger partial charge in [0.25, 0.3) is 0 Å². The highest BCUT2D eigenvalue weighted by Gasteiger charge is 2.17. The van der Waals surface area contributed by atoms with E-state index in [9.17, 15) is 14.7 Å². The molecule has 126 valence electrons. The lowest BCUT2D eigenvalue weighted by atomic mass is 10.2. The maximum absolute atomic E-state index is 12.0. The number of ether oxygens (including phenoxy) is 2. The number of nitrogens with zero attached hydrogens (tertiary/aromatic N) is 1. The number of hydrogen-bond donors (Lipinski definition) is 1. The summed E-state index contributed by atoms with van der Waals surface area (Å²) in [6.45, 7) is 2.49. The first kappa shape index (κ1) is 17.5. The van der Waals surface area contributed by atoms with Crippen LogP contribution in [0.4, 0.5) is 0 Å². The smallest absolute Gasteiger partial charge is 0.358 e. The van der Waals surface area contributed by atoms with Gasteiger partial charge in [-0.1, -0.05) is 43.7 Å². The van der Waals surface area contributed by atoms with Gasteiger partial charge in [-0.2, -0.15) is 0 Å². The van der Waals surface area contributed by atoms with E-state index in [1.54, 1.807) is 0 Å². The number of hydrogen-bond acceptors (Lipinski definition) is 5. The van der Waals surface area contributed by atoms with Crippen molar-refractivity contribution in [1.82, 2.24) is 4.98 Å². The third-order valence-electron chi connectivity index (χ3n) is 3.26. The molecule has 1 heterocycles. The average Bonchev–Trinajstić information content (AvgIpc) is 2.60. The predicted molar refractivity (Wildman–Crippen MR) is 87.2 cm³/mol. The Balaban J connectivity index is 2.15. The quantitative estimate of drug-likeness (QED) is 0.590. The van der Waals surface area contributed by atoms with E-state index in [2.05, 4.69) is 4.98 Å². The highest BCUT2D eigenvalue weighted by Crippen LogP contribution is 2.20. The topological polar surface area (TPSA) is 85.7 Å². The molecule has 1 N–H and O–H groups in total. The largest absolute Gasteiger partial charge is 0.486 e. The molecular weight excluding hydrogens is 310 g/mol. The number of carboxylic acids is 1. The zero-order chi connectivity index (χ0) is 17.4. The SMILES string of the molecule is CCCCOC(=O)c1cnc(C(=O)O)c(OCc2ccccc2)c1. The van der Waals surface area contributed by atoms with Gasteiger partial charge in [-0.25, -0.2) is 14.6 Å². The third kappa shape index (κ3) is 4.81. The molecule has 6 heteroatoms. The molecule has 2 rings (SSSR count). The number of aromatic nitrogens is 1. The summed E-state index contributed by atoms with van der Waals surface area (Å²) in [7, 11) is 0. The number of aromatic carboxylic acids is 1. The van der Waals surface area contributed by atoms with Gasteiger partial charge in [0.05, 0.1) is 12.2 Å². The number of carbonyl (C=O) groups excluding carboxylic acids is 1. The molecular formula is C18H19NO5. The zero-order valence-electron chi connectivity index (χ0n) is 13.4. The van der Waals surface area contributed by atoms with E-state index >= 15 is 0 Å². The standard InChI is InChI=1S/C18H19NO5/c1-2-3-9-23-18(22)14-10-15(16(17(20)21)19-11-14)24-12-13-7-5-4-6-8-13/h4-8,10-11H,2-3,9,12H2,1H3,(H,20,21). The average molecular weight is 329 g/mol. The molecule has 0 fully saturated rings. The Labute approximate surface area is 140 Å². The van der Waals surface area contributed by atoms with Gasteiger partial charge in [-0.3, -0.25) is 0 Å². The summed E-state index contributed by atoms with van der Waals surface area (Å²) in [6, 6.07) is 10.7. The van der Waals surface area contributed by atoms with E-state index in [-0.39, 0.29) is 23.6 Å². The van der Waals surface area contributed by atoms with Gasteiger partial charge >= 0.3 is 11.9 Å². The molecule has 0 aliphatic rings. The molecule has 0 saturated carbocycles. The Hall–Kier alpha value is -2.89. The van der Waals surface area contributed by atoms with Gasteiger partial charge in [-0.15, -0.1) is 0 Å². The fourth-order valence-corrected chi connectivity index (χ4v) is 1.95. The van der Waals surface area contributed by atoms with Crippen LogP contribution in [0.15, 0.2) is 42.6 Å². The van der Waals surface area contributed by atoms with Crippen molar-refractivity contribution in [1.29, 1.82) is 0 Å². The number of pyridine rings is 1.